The van der Waals surface area contributed by atoms with Crippen molar-refractivity contribution in [2.45, 2.75) is 32.6 Å². The predicted octanol–water partition coefficient (Wildman–Crippen LogP) is 5.91. The zero-order valence-electron chi connectivity index (χ0n) is 18.0. The van der Waals surface area contributed by atoms with Crippen LogP contribution in [-0.2, 0) is 12.8 Å². The average Bonchev–Trinajstić information content (AvgIpc) is 2.83. The van der Waals surface area contributed by atoms with Gasteiger partial charge in [-0.05, 0) is 67.0 Å². The molecule has 0 unspecified atom stereocenters. The topological polar surface area (TPSA) is 56.5 Å². The van der Waals surface area contributed by atoms with E-state index >= 15 is 0 Å². The molecule has 1 heterocycles. The largest absolute Gasteiger partial charge is 0.485 e. The van der Waals surface area contributed by atoms with Gasteiger partial charge in [0.1, 0.15) is 11.3 Å². The zero-order valence-corrected chi connectivity index (χ0v) is 18.0. The molecule has 160 valence electrons. The second-order valence-electron chi connectivity index (χ2n) is 8.35. The van der Waals surface area contributed by atoms with Gasteiger partial charge >= 0.3 is 5.63 Å². The van der Waals surface area contributed by atoms with Gasteiger partial charge in [0.25, 0.3) is 0 Å². The van der Waals surface area contributed by atoms with Gasteiger partial charge in [0.2, 0.25) is 0 Å². The van der Waals surface area contributed by atoms with E-state index in [0.717, 1.165) is 58.9 Å². The van der Waals surface area contributed by atoms with Crippen LogP contribution < -0.4 is 10.4 Å². The molecule has 32 heavy (non-hydrogen) atoms. The lowest BCUT2D eigenvalue weighted by atomic mass is 9.90. The summed E-state index contributed by atoms with van der Waals surface area (Å²) in [4.78, 5) is 25.3. The lowest BCUT2D eigenvalue weighted by Gasteiger charge is -2.18. The molecule has 0 atom stereocenters. The molecule has 5 rings (SSSR count). The maximum Gasteiger partial charge on any atom is 0.339 e. The molecule has 0 bridgehead atoms. The summed E-state index contributed by atoms with van der Waals surface area (Å²) >= 11 is 0. The third-order valence-corrected chi connectivity index (χ3v) is 6.10. The van der Waals surface area contributed by atoms with Crippen LogP contribution in [0.4, 0.5) is 0 Å². The first-order chi connectivity index (χ1) is 15.6. The van der Waals surface area contributed by atoms with Gasteiger partial charge in [0, 0.05) is 11.1 Å². The molecule has 1 aliphatic rings. The molecule has 4 heteroatoms. The van der Waals surface area contributed by atoms with Crippen molar-refractivity contribution >= 4 is 16.8 Å². The van der Waals surface area contributed by atoms with Gasteiger partial charge in [-0.2, -0.15) is 0 Å². The van der Waals surface area contributed by atoms with Crippen molar-refractivity contribution in [1.29, 1.82) is 0 Å². The fourth-order valence-corrected chi connectivity index (χ4v) is 4.49. The minimum absolute atomic E-state index is 0.0723. The Morgan fingerprint density at radius 1 is 0.906 bits per heavy atom. The molecule has 0 saturated carbocycles. The first kappa shape index (κ1) is 20.3. The summed E-state index contributed by atoms with van der Waals surface area (Å²) in [6, 6.07) is 21.4. The molecular formula is C28H24O4. The van der Waals surface area contributed by atoms with Crippen LogP contribution in [0.1, 0.15) is 39.9 Å². The Labute approximate surface area is 186 Å². The quantitative estimate of drug-likeness (QED) is 0.295. The molecule has 1 aliphatic carbocycles. The van der Waals surface area contributed by atoms with E-state index in [1.165, 1.54) is 0 Å². The van der Waals surface area contributed by atoms with Gasteiger partial charge < -0.3 is 9.15 Å². The number of aryl methyl sites for hydroxylation is 2. The normalized spacial score (nSPS) is 13.0. The molecular weight excluding hydrogens is 400 g/mol. The number of carbonyl (C=O) groups excluding carboxylic acids is 1. The van der Waals surface area contributed by atoms with Gasteiger partial charge in [-0.1, -0.05) is 54.6 Å². The summed E-state index contributed by atoms with van der Waals surface area (Å²) in [5.74, 6) is 0.515. The number of rotatable bonds is 5. The van der Waals surface area contributed by atoms with Gasteiger partial charge in [0.05, 0.1) is 5.39 Å². The van der Waals surface area contributed by atoms with Gasteiger partial charge in [-0.25, -0.2) is 4.79 Å². The van der Waals surface area contributed by atoms with Crippen LogP contribution in [-0.4, -0.2) is 12.4 Å². The van der Waals surface area contributed by atoms with E-state index in [-0.39, 0.29) is 18.0 Å². The lowest BCUT2D eigenvalue weighted by Crippen LogP contribution is -2.17. The molecule has 0 saturated heterocycles. The van der Waals surface area contributed by atoms with Gasteiger partial charge in [-0.3, -0.25) is 4.79 Å². The molecule has 4 aromatic rings. The fraction of sp³-hybridized carbons (Fsp3) is 0.214. The number of benzene rings is 3. The highest BCUT2D eigenvalue weighted by Crippen LogP contribution is 2.34. The minimum Gasteiger partial charge on any atom is -0.485 e. The monoisotopic (exact) mass is 424 g/mol. The number of ketones is 1. The minimum atomic E-state index is -0.252. The Kier molecular flexibility index (Phi) is 5.36. The Hall–Kier alpha value is -3.66. The molecule has 3 aromatic carbocycles. The molecule has 0 aliphatic heterocycles. The highest BCUT2D eigenvalue weighted by atomic mass is 16.5. The van der Waals surface area contributed by atoms with Crippen molar-refractivity contribution in [1.82, 2.24) is 0 Å². The van der Waals surface area contributed by atoms with E-state index in [2.05, 4.69) is 0 Å². The summed E-state index contributed by atoms with van der Waals surface area (Å²) < 4.78 is 11.6. The molecule has 1 aromatic heterocycles. The second kappa shape index (κ2) is 8.46. The molecule has 0 N–H and O–H groups in total. The molecule has 0 amide bonds. The molecule has 0 radical (unpaired) electrons. The van der Waals surface area contributed by atoms with E-state index in [9.17, 15) is 9.59 Å². The second-order valence-corrected chi connectivity index (χ2v) is 8.35. The van der Waals surface area contributed by atoms with Crippen molar-refractivity contribution in [3.8, 4) is 16.9 Å². The maximum absolute atomic E-state index is 12.8. The van der Waals surface area contributed by atoms with Crippen molar-refractivity contribution in [2.24, 2.45) is 0 Å². The standard InChI is InChI=1S/C28H24O4/c1-18-15-25(27-22-9-5-6-10-23(22)28(30)32-26(27)16-18)31-17-24(29)21-13-11-20(12-14-21)19-7-3-2-4-8-19/h2-4,7-8,11-16H,5-6,9-10,17H2,1H3. The molecule has 0 fully saturated rings. The number of Topliss-reactive ketones (excluding diaryl/α,β-unsaturated/α-hetero) is 1. The lowest BCUT2D eigenvalue weighted by molar-refractivity contribution is 0.0922. The average molecular weight is 424 g/mol. The fourth-order valence-electron chi connectivity index (χ4n) is 4.49. The first-order valence-electron chi connectivity index (χ1n) is 11.0. The van der Waals surface area contributed by atoms with Crippen LogP contribution in [0.25, 0.3) is 22.1 Å². The van der Waals surface area contributed by atoms with E-state index in [1.807, 2.05) is 73.7 Å². The zero-order chi connectivity index (χ0) is 22.1. The van der Waals surface area contributed by atoms with Crippen molar-refractivity contribution < 1.29 is 13.9 Å². The van der Waals surface area contributed by atoms with Crippen LogP contribution in [0.2, 0.25) is 0 Å². The third-order valence-electron chi connectivity index (χ3n) is 6.10. The highest BCUT2D eigenvalue weighted by Gasteiger charge is 2.21. The van der Waals surface area contributed by atoms with Gasteiger partial charge in [-0.15, -0.1) is 0 Å². The number of ether oxygens (including phenoxy) is 1. The van der Waals surface area contributed by atoms with Crippen molar-refractivity contribution in [3.05, 3.63) is 99.4 Å². The SMILES string of the molecule is Cc1cc(OCC(=O)c2ccc(-c3ccccc3)cc2)c2c3c(c(=O)oc2c1)CCCC3. The Bertz CT molecular complexity index is 1350. The number of carbonyl (C=O) groups is 1. The van der Waals surface area contributed by atoms with Gasteiger partial charge in [0.15, 0.2) is 12.4 Å². The first-order valence-corrected chi connectivity index (χ1v) is 11.0. The number of hydrogen-bond donors (Lipinski definition) is 0. The molecule has 0 spiro atoms. The summed E-state index contributed by atoms with van der Waals surface area (Å²) in [7, 11) is 0. The predicted molar refractivity (Wildman–Crippen MR) is 126 cm³/mol. The summed E-state index contributed by atoms with van der Waals surface area (Å²) in [6.07, 6.45) is 3.58. The van der Waals surface area contributed by atoms with Crippen LogP contribution >= 0.6 is 0 Å². The van der Waals surface area contributed by atoms with Crippen LogP contribution in [0, 0.1) is 6.92 Å². The Balaban J connectivity index is 1.41. The Morgan fingerprint density at radius 3 is 2.34 bits per heavy atom. The highest BCUT2D eigenvalue weighted by molar-refractivity contribution is 5.98. The number of hydrogen-bond acceptors (Lipinski definition) is 4. The number of fused-ring (bicyclic) bond motifs is 3. The van der Waals surface area contributed by atoms with E-state index < -0.39 is 0 Å². The van der Waals surface area contributed by atoms with Crippen LogP contribution in [0.5, 0.6) is 5.75 Å². The van der Waals surface area contributed by atoms with E-state index in [0.29, 0.717) is 16.9 Å². The van der Waals surface area contributed by atoms with Crippen molar-refractivity contribution in [2.75, 3.05) is 6.61 Å². The van der Waals surface area contributed by atoms with Crippen molar-refractivity contribution in [3.63, 3.8) is 0 Å². The van der Waals surface area contributed by atoms with E-state index in [4.69, 9.17) is 9.15 Å². The summed E-state index contributed by atoms with van der Waals surface area (Å²) in [6.45, 7) is 1.85. The summed E-state index contributed by atoms with van der Waals surface area (Å²) in [5.41, 5.74) is 5.75. The smallest absolute Gasteiger partial charge is 0.339 e. The maximum atomic E-state index is 12.8. The summed E-state index contributed by atoms with van der Waals surface area (Å²) in [5, 5.41) is 0.831. The van der Waals surface area contributed by atoms with Crippen LogP contribution in [0.15, 0.2) is 75.9 Å². The van der Waals surface area contributed by atoms with Crippen LogP contribution in [0.3, 0.4) is 0 Å². The van der Waals surface area contributed by atoms with E-state index in [1.54, 1.807) is 0 Å². The third kappa shape index (κ3) is 3.84. The molecule has 4 nitrogen and oxygen atoms in total. The Morgan fingerprint density at radius 2 is 1.59 bits per heavy atom.